The number of para-hydroxylation sites is 1. The van der Waals surface area contributed by atoms with E-state index in [-0.39, 0.29) is 24.8 Å². The van der Waals surface area contributed by atoms with Crippen LogP contribution in [0.3, 0.4) is 0 Å². The number of ether oxygens (including phenoxy) is 4. The molecule has 3 aromatic carbocycles. The number of nitrogens with zero attached hydrogens (tertiary/aromatic N) is 1. The Labute approximate surface area is 231 Å². The van der Waals surface area contributed by atoms with Crippen molar-refractivity contribution in [2.45, 2.75) is 13.2 Å². The van der Waals surface area contributed by atoms with Crippen molar-refractivity contribution in [3.8, 4) is 23.0 Å². The van der Waals surface area contributed by atoms with Gasteiger partial charge in [-0.3, -0.25) is 14.5 Å². The van der Waals surface area contributed by atoms with Crippen LogP contribution in [0.2, 0.25) is 15.1 Å². The molecule has 0 bridgehead atoms. The van der Waals surface area contributed by atoms with E-state index in [1.165, 1.54) is 7.11 Å². The Morgan fingerprint density at radius 3 is 2.51 bits per heavy atom. The molecular formula is C26H18Cl3NO6S. The summed E-state index contributed by atoms with van der Waals surface area (Å²) in [7, 11) is 1.52. The van der Waals surface area contributed by atoms with Gasteiger partial charge in [0.2, 0.25) is 6.79 Å². The van der Waals surface area contributed by atoms with Crippen molar-refractivity contribution in [2.24, 2.45) is 0 Å². The van der Waals surface area contributed by atoms with Crippen molar-refractivity contribution in [1.82, 2.24) is 4.90 Å². The van der Waals surface area contributed by atoms with Crippen LogP contribution >= 0.6 is 46.6 Å². The molecule has 2 aliphatic heterocycles. The fraction of sp³-hybridized carbons (Fsp3) is 0.154. The van der Waals surface area contributed by atoms with Gasteiger partial charge in [0.15, 0.2) is 23.0 Å². The van der Waals surface area contributed by atoms with Gasteiger partial charge in [0, 0.05) is 32.3 Å². The largest absolute Gasteiger partial charge is 0.493 e. The van der Waals surface area contributed by atoms with Crippen LogP contribution in [0, 0.1) is 0 Å². The van der Waals surface area contributed by atoms with Crippen LogP contribution in [0.1, 0.15) is 16.7 Å². The molecule has 0 saturated carbocycles. The Morgan fingerprint density at radius 1 is 1.00 bits per heavy atom. The molecule has 0 aromatic heterocycles. The zero-order valence-corrected chi connectivity index (χ0v) is 22.3. The number of imide groups is 1. The maximum Gasteiger partial charge on any atom is 0.293 e. The van der Waals surface area contributed by atoms with Gasteiger partial charge in [0.25, 0.3) is 11.1 Å². The fourth-order valence-corrected chi connectivity index (χ4v) is 5.28. The van der Waals surface area contributed by atoms with Gasteiger partial charge in [-0.2, -0.15) is 0 Å². The predicted octanol–water partition coefficient (Wildman–Crippen LogP) is 7.20. The second-order valence-corrected chi connectivity index (χ2v) is 10.2. The van der Waals surface area contributed by atoms with Gasteiger partial charge in [-0.15, -0.1) is 0 Å². The van der Waals surface area contributed by atoms with Gasteiger partial charge in [-0.05, 0) is 47.7 Å². The molecule has 1 saturated heterocycles. The Morgan fingerprint density at radius 2 is 1.76 bits per heavy atom. The van der Waals surface area contributed by atoms with Crippen molar-refractivity contribution < 1.29 is 28.5 Å². The highest BCUT2D eigenvalue weighted by atomic mass is 35.5. The molecular weight excluding hydrogens is 561 g/mol. The number of carbonyl (C=O) groups is 2. The van der Waals surface area contributed by atoms with E-state index in [9.17, 15) is 9.59 Å². The molecule has 5 rings (SSSR count). The quantitative estimate of drug-likeness (QED) is 0.275. The van der Waals surface area contributed by atoms with Crippen LogP contribution in [0.25, 0.3) is 6.08 Å². The third-order valence-electron chi connectivity index (χ3n) is 5.65. The van der Waals surface area contributed by atoms with Crippen molar-refractivity contribution in [2.75, 3.05) is 13.9 Å². The van der Waals surface area contributed by atoms with Crippen molar-refractivity contribution in [1.29, 1.82) is 0 Å². The summed E-state index contributed by atoms with van der Waals surface area (Å²) in [4.78, 5) is 27.3. The molecule has 0 radical (unpaired) electrons. The fourth-order valence-electron chi connectivity index (χ4n) is 3.78. The minimum absolute atomic E-state index is 0.00594. The van der Waals surface area contributed by atoms with Gasteiger partial charge < -0.3 is 18.9 Å². The molecule has 2 amide bonds. The number of methoxy groups -OCH3 is 1. The molecule has 0 spiro atoms. The first-order valence-corrected chi connectivity index (χ1v) is 12.9. The van der Waals surface area contributed by atoms with Crippen molar-refractivity contribution >= 4 is 63.8 Å². The molecule has 190 valence electrons. The second-order valence-electron chi connectivity index (χ2n) is 7.97. The van der Waals surface area contributed by atoms with Crippen LogP contribution in [0.5, 0.6) is 23.0 Å². The number of amides is 2. The number of thioether (sulfide) groups is 1. The number of hydrogen-bond acceptors (Lipinski definition) is 7. The molecule has 3 aromatic rings. The molecule has 0 unspecified atom stereocenters. The normalized spacial score (nSPS) is 15.6. The molecule has 37 heavy (non-hydrogen) atoms. The van der Waals surface area contributed by atoms with Crippen LogP contribution < -0.4 is 18.9 Å². The first-order chi connectivity index (χ1) is 17.8. The Balaban J connectivity index is 1.39. The van der Waals surface area contributed by atoms with Gasteiger partial charge in [0.1, 0.15) is 6.61 Å². The molecule has 1 fully saturated rings. The van der Waals surface area contributed by atoms with E-state index in [2.05, 4.69) is 0 Å². The maximum atomic E-state index is 13.2. The van der Waals surface area contributed by atoms with Gasteiger partial charge in [0.05, 0.1) is 18.6 Å². The lowest BCUT2D eigenvalue weighted by molar-refractivity contribution is -0.123. The Kier molecular flexibility index (Phi) is 7.44. The van der Waals surface area contributed by atoms with Crippen LogP contribution in [0.4, 0.5) is 4.79 Å². The number of carbonyl (C=O) groups excluding carboxylic acids is 2. The van der Waals surface area contributed by atoms with Crippen LogP contribution in [-0.4, -0.2) is 29.9 Å². The molecule has 2 aliphatic rings. The second kappa shape index (κ2) is 10.8. The highest BCUT2D eigenvalue weighted by molar-refractivity contribution is 8.18. The van der Waals surface area contributed by atoms with Gasteiger partial charge in [-0.25, -0.2) is 0 Å². The Hall–Kier alpha value is -3.04. The molecule has 0 aliphatic carbocycles. The number of fused-ring (bicyclic) bond motifs is 1. The first kappa shape index (κ1) is 25.6. The van der Waals surface area contributed by atoms with Gasteiger partial charge >= 0.3 is 0 Å². The van der Waals surface area contributed by atoms with E-state index in [1.807, 2.05) is 0 Å². The molecule has 7 nitrogen and oxygen atoms in total. The number of rotatable bonds is 7. The minimum atomic E-state index is -0.446. The predicted molar refractivity (Wildman–Crippen MR) is 143 cm³/mol. The highest BCUT2D eigenvalue weighted by Crippen LogP contribution is 2.41. The van der Waals surface area contributed by atoms with Gasteiger partial charge in [-0.1, -0.05) is 53.0 Å². The standard InChI is InChI=1S/C26H18Cl3NO6S/c1-33-20-4-2-3-14(24(20)34-12-15-5-6-17(27)9-18(15)28)8-23-25(31)30(26(32)37-23)11-16-7-21-22(10-19(16)29)36-13-35-21/h2-10H,11-13H2,1H3/b23-8-. The monoisotopic (exact) mass is 577 g/mol. The summed E-state index contributed by atoms with van der Waals surface area (Å²) in [5, 5.41) is 0.941. The summed E-state index contributed by atoms with van der Waals surface area (Å²) >= 11 is 19.5. The summed E-state index contributed by atoms with van der Waals surface area (Å²) in [5.74, 6) is 1.46. The molecule has 0 atom stereocenters. The molecule has 0 N–H and O–H groups in total. The average molecular weight is 579 g/mol. The summed E-state index contributed by atoms with van der Waals surface area (Å²) in [6.07, 6.45) is 1.60. The molecule has 11 heteroatoms. The summed E-state index contributed by atoms with van der Waals surface area (Å²) < 4.78 is 22.2. The number of hydrogen-bond donors (Lipinski definition) is 0. The van der Waals surface area contributed by atoms with E-state index in [1.54, 1.807) is 54.6 Å². The van der Waals surface area contributed by atoms with Crippen LogP contribution in [0.15, 0.2) is 53.4 Å². The summed E-state index contributed by atoms with van der Waals surface area (Å²) in [6, 6.07) is 13.7. The van der Waals surface area contributed by atoms with E-state index in [4.69, 9.17) is 53.8 Å². The summed E-state index contributed by atoms with van der Waals surface area (Å²) in [6.45, 7) is 0.226. The van der Waals surface area contributed by atoms with E-state index in [0.29, 0.717) is 49.2 Å². The van der Waals surface area contributed by atoms with E-state index >= 15 is 0 Å². The van der Waals surface area contributed by atoms with Crippen molar-refractivity contribution in [3.05, 3.63) is 85.2 Å². The van der Waals surface area contributed by atoms with Crippen molar-refractivity contribution in [3.63, 3.8) is 0 Å². The molecule has 2 heterocycles. The smallest absolute Gasteiger partial charge is 0.293 e. The van der Waals surface area contributed by atoms with E-state index in [0.717, 1.165) is 22.2 Å². The zero-order chi connectivity index (χ0) is 26.1. The summed E-state index contributed by atoms with van der Waals surface area (Å²) in [5.41, 5.74) is 1.86. The average Bonchev–Trinajstić information content (AvgIpc) is 3.43. The first-order valence-electron chi connectivity index (χ1n) is 10.9. The topological polar surface area (TPSA) is 74.3 Å². The zero-order valence-electron chi connectivity index (χ0n) is 19.3. The minimum Gasteiger partial charge on any atom is -0.493 e. The third-order valence-corrected chi connectivity index (χ3v) is 7.49. The lowest BCUT2D eigenvalue weighted by Gasteiger charge is -2.15. The van der Waals surface area contributed by atoms with Crippen LogP contribution in [-0.2, 0) is 17.9 Å². The highest BCUT2D eigenvalue weighted by Gasteiger charge is 2.36. The Bertz CT molecular complexity index is 1440. The third kappa shape index (κ3) is 5.33. The SMILES string of the molecule is COc1cccc(/C=C2\SC(=O)N(Cc3cc4c(cc3Cl)OCO4)C2=O)c1OCc1ccc(Cl)cc1Cl. The number of halogens is 3. The van der Waals surface area contributed by atoms with E-state index < -0.39 is 11.1 Å². The maximum absolute atomic E-state index is 13.2. The lowest BCUT2D eigenvalue weighted by Crippen LogP contribution is -2.27. The lowest BCUT2D eigenvalue weighted by atomic mass is 10.1. The number of benzene rings is 3.